The van der Waals surface area contributed by atoms with E-state index in [4.69, 9.17) is 16.3 Å². The molecule has 0 aliphatic heterocycles. The second kappa shape index (κ2) is 6.73. The van der Waals surface area contributed by atoms with Crippen molar-refractivity contribution in [3.63, 3.8) is 0 Å². The van der Waals surface area contributed by atoms with Crippen LogP contribution in [0.3, 0.4) is 0 Å². The normalized spacial score (nSPS) is 9.85. The first kappa shape index (κ1) is 14.1. The molecule has 4 nitrogen and oxygen atoms in total. The van der Waals surface area contributed by atoms with E-state index in [9.17, 15) is 9.59 Å². The van der Waals surface area contributed by atoms with Crippen LogP contribution in [0, 0.1) is 0 Å². The number of anilines is 1. The van der Waals surface area contributed by atoms with Gasteiger partial charge in [-0.15, -0.1) is 0 Å². The van der Waals surface area contributed by atoms with Gasteiger partial charge in [-0.2, -0.15) is 0 Å². The summed E-state index contributed by atoms with van der Waals surface area (Å²) in [5, 5.41) is 3.26. The maximum absolute atomic E-state index is 11.7. The molecule has 0 bridgehead atoms. The molecule has 5 heteroatoms. The van der Waals surface area contributed by atoms with Gasteiger partial charge in [-0.3, -0.25) is 9.59 Å². The number of para-hydroxylation sites is 1. The van der Waals surface area contributed by atoms with E-state index in [2.05, 4.69) is 5.32 Å². The van der Waals surface area contributed by atoms with Crippen molar-refractivity contribution in [2.24, 2.45) is 0 Å². The SMILES string of the molecule is O=Cc1ccccc1OCC(=O)Nc1ccc(Cl)cc1. The molecular formula is C15H12ClNO3. The fourth-order valence-corrected chi connectivity index (χ4v) is 1.71. The van der Waals surface area contributed by atoms with Gasteiger partial charge >= 0.3 is 0 Å². The minimum Gasteiger partial charge on any atom is -0.483 e. The van der Waals surface area contributed by atoms with E-state index < -0.39 is 0 Å². The van der Waals surface area contributed by atoms with Crippen LogP contribution in [0.1, 0.15) is 10.4 Å². The van der Waals surface area contributed by atoms with Crippen molar-refractivity contribution in [3.8, 4) is 5.75 Å². The Balaban J connectivity index is 1.92. The second-order valence-corrected chi connectivity index (χ2v) is 4.44. The summed E-state index contributed by atoms with van der Waals surface area (Å²) in [7, 11) is 0. The number of halogens is 1. The highest BCUT2D eigenvalue weighted by atomic mass is 35.5. The molecule has 1 amide bonds. The fraction of sp³-hybridized carbons (Fsp3) is 0.0667. The molecule has 0 spiro atoms. The number of rotatable bonds is 5. The number of nitrogens with one attached hydrogen (secondary N) is 1. The maximum atomic E-state index is 11.7. The van der Waals surface area contributed by atoms with E-state index in [0.29, 0.717) is 28.3 Å². The summed E-state index contributed by atoms with van der Waals surface area (Å²) < 4.78 is 5.32. The predicted molar refractivity (Wildman–Crippen MR) is 77.4 cm³/mol. The van der Waals surface area contributed by atoms with Crippen LogP contribution >= 0.6 is 11.6 Å². The molecule has 20 heavy (non-hydrogen) atoms. The summed E-state index contributed by atoms with van der Waals surface area (Å²) in [5.41, 5.74) is 1.04. The van der Waals surface area contributed by atoms with Crippen LogP contribution in [0.5, 0.6) is 5.75 Å². The van der Waals surface area contributed by atoms with Crippen LogP contribution in [0.4, 0.5) is 5.69 Å². The third-order valence-corrected chi connectivity index (χ3v) is 2.78. The quantitative estimate of drug-likeness (QED) is 0.860. The first-order valence-corrected chi connectivity index (χ1v) is 6.29. The highest BCUT2D eigenvalue weighted by molar-refractivity contribution is 6.30. The van der Waals surface area contributed by atoms with E-state index in [-0.39, 0.29) is 12.5 Å². The number of hydrogen-bond acceptors (Lipinski definition) is 3. The zero-order valence-electron chi connectivity index (χ0n) is 10.5. The molecule has 0 radical (unpaired) electrons. The number of ether oxygens (including phenoxy) is 1. The van der Waals surface area contributed by atoms with Crippen LogP contribution in [0.2, 0.25) is 5.02 Å². The molecule has 0 saturated carbocycles. The molecule has 2 rings (SSSR count). The van der Waals surface area contributed by atoms with E-state index >= 15 is 0 Å². The molecule has 0 unspecified atom stereocenters. The van der Waals surface area contributed by atoms with Gasteiger partial charge in [0, 0.05) is 10.7 Å². The molecule has 0 aliphatic carbocycles. The van der Waals surface area contributed by atoms with Crippen molar-refractivity contribution in [3.05, 3.63) is 59.1 Å². The summed E-state index contributed by atoms with van der Waals surface area (Å²) in [6.07, 6.45) is 0.687. The summed E-state index contributed by atoms with van der Waals surface area (Å²) >= 11 is 5.75. The Hall–Kier alpha value is -2.33. The third-order valence-electron chi connectivity index (χ3n) is 2.53. The molecule has 0 heterocycles. The van der Waals surface area contributed by atoms with E-state index in [1.165, 1.54) is 0 Å². The Morgan fingerprint density at radius 2 is 1.85 bits per heavy atom. The van der Waals surface area contributed by atoms with Gasteiger partial charge in [0.2, 0.25) is 0 Å². The van der Waals surface area contributed by atoms with Crippen LogP contribution in [-0.4, -0.2) is 18.8 Å². The van der Waals surface area contributed by atoms with Crippen molar-refractivity contribution in [1.82, 2.24) is 0 Å². The molecule has 2 aromatic carbocycles. The van der Waals surface area contributed by atoms with Crippen LogP contribution < -0.4 is 10.1 Å². The van der Waals surface area contributed by atoms with Crippen molar-refractivity contribution in [2.45, 2.75) is 0 Å². The average molecular weight is 290 g/mol. The molecule has 0 aromatic heterocycles. The summed E-state index contributed by atoms with van der Waals surface area (Å²) in [6, 6.07) is 13.5. The molecule has 0 atom stereocenters. The Morgan fingerprint density at radius 3 is 2.55 bits per heavy atom. The molecule has 2 aromatic rings. The maximum Gasteiger partial charge on any atom is 0.262 e. The lowest BCUT2D eigenvalue weighted by molar-refractivity contribution is -0.118. The highest BCUT2D eigenvalue weighted by Gasteiger charge is 2.06. The van der Waals surface area contributed by atoms with Gasteiger partial charge in [-0.25, -0.2) is 0 Å². The van der Waals surface area contributed by atoms with Crippen LogP contribution in [-0.2, 0) is 4.79 Å². The van der Waals surface area contributed by atoms with Gasteiger partial charge in [0.05, 0.1) is 5.56 Å². The van der Waals surface area contributed by atoms with E-state index in [0.717, 1.165) is 0 Å². The summed E-state index contributed by atoms with van der Waals surface area (Å²) in [5.74, 6) is 0.0711. The summed E-state index contributed by atoms with van der Waals surface area (Å²) in [4.78, 5) is 22.5. The van der Waals surface area contributed by atoms with Gasteiger partial charge in [0.15, 0.2) is 12.9 Å². The Labute approximate surface area is 121 Å². The largest absolute Gasteiger partial charge is 0.483 e. The monoisotopic (exact) mass is 289 g/mol. The van der Waals surface area contributed by atoms with Gasteiger partial charge in [0.1, 0.15) is 5.75 Å². The first-order valence-electron chi connectivity index (χ1n) is 5.91. The van der Waals surface area contributed by atoms with E-state index in [1.54, 1.807) is 48.5 Å². The minimum atomic E-state index is -0.312. The number of carbonyl (C=O) groups is 2. The number of amides is 1. The topological polar surface area (TPSA) is 55.4 Å². The van der Waals surface area contributed by atoms with Gasteiger partial charge < -0.3 is 10.1 Å². The highest BCUT2D eigenvalue weighted by Crippen LogP contribution is 2.16. The number of benzene rings is 2. The number of hydrogen-bond donors (Lipinski definition) is 1. The molecule has 0 aliphatic rings. The summed E-state index contributed by atoms with van der Waals surface area (Å²) in [6.45, 7) is -0.173. The zero-order chi connectivity index (χ0) is 14.4. The van der Waals surface area contributed by atoms with E-state index in [1.807, 2.05) is 0 Å². The molecule has 102 valence electrons. The lowest BCUT2D eigenvalue weighted by Gasteiger charge is -2.08. The Kier molecular flexibility index (Phi) is 4.74. The van der Waals surface area contributed by atoms with Crippen molar-refractivity contribution in [2.75, 3.05) is 11.9 Å². The lowest BCUT2D eigenvalue weighted by atomic mass is 10.2. The Bertz CT molecular complexity index is 611. The van der Waals surface area contributed by atoms with Crippen molar-refractivity contribution >= 4 is 29.5 Å². The fourth-order valence-electron chi connectivity index (χ4n) is 1.58. The van der Waals surface area contributed by atoms with Crippen LogP contribution in [0.25, 0.3) is 0 Å². The molecule has 0 saturated heterocycles. The molecule has 0 fully saturated rings. The van der Waals surface area contributed by atoms with Gasteiger partial charge in [-0.1, -0.05) is 23.7 Å². The van der Waals surface area contributed by atoms with Gasteiger partial charge in [0.25, 0.3) is 5.91 Å². The van der Waals surface area contributed by atoms with Crippen molar-refractivity contribution < 1.29 is 14.3 Å². The first-order chi connectivity index (χ1) is 9.69. The van der Waals surface area contributed by atoms with Crippen molar-refractivity contribution in [1.29, 1.82) is 0 Å². The zero-order valence-corrected chi connectivity index (χ0v) is 11.3. The number of carbonyl (C=O) groups excluding carboxylic acids is 2. The lowest BCUT2D eigenvalue weighted by Crippen LogP contribution is -2.20. The molecule has 1 N–H and O–H groups in total. The average Bonchev–Trinajstić information content (AvgIpc) is 2.48. The predicted octanol–water partition coefficient (Wildman–Crippen LogP) is 3.17. The smallest absolute Gasteiger partial charge is 0.262 e. The minimum absolute atomic E-state index is 0.173. The molecular weight excluding hydrogens is 278 g/mol. The second-order valence-electron chi connectivity index (χ2n) is 4.00. The van der Waals surface area contributed by atoms with Crippen LogP contribution in [0.15, 0.2) is 48.5 Å². The van der Waals surface area contributed by atoms with Gasteiger partial charge in [-0.05, 0) is 36.4 Å². The Morgan fingerprint density at radius 1 is 1.15 bits per heavy atom. The number of aldehydes is 1. The standard InChI is InChI=1S/C15H12ClNO3/c16-12-5-7-13(8-6-12)17-15(19)10-20-14-4-2-1-3-11(14)9-18/h1-9H,10H2,(H,17,19). The third kappa shape index (κ3) is 3.83.